The molecule has 0 bridgehead atoms. The molecule has 1 unspecified atom stereocenters. The van der Waals surface area contributed by atoms with Gasteiger partial charge in [-0.1, -0.05) is 0 Å². The van der Waals surface area contributed by atoms with Crippen molar-refractivity contribution >= 4 is 10.0 Å². The lowest BCUT2D eigenvalue weighted by atomic mass is 10.2. The van der Waals surface area contributed by atoms with Crippen molar-refractivity contribution in [3.63, 3.8) is 0 Å². The van der Waals surface area contributed by atoms with E-state index in [4.69, 9.17) is 4.74 Å². The second-order valence-electron chi connectivity index (χ2n) is 2.83. The van der Waals surface area contributed by atoms with Gasteiger partial charge in [0, 0.05) is 6.54 Å². The van der Waals surface area contributed by atoms with Crippen molar-refractivity contribution < 1.29 is 13.2 Å². The molecule has 12 heavy (non-hydrogen) atoms. The number of hydrogen-bond acceptors (Lipinski definition) is 3. The number of sulfonamides is 1. The minimum Gasteiger partial charge on any atom is -0.497 e. The molecular formula is C7H13NO3S. The average Bonchev–Trinajstić information content (AvgIpc) is 2.02. The molecule has 0 spiro atoms. The second-order valence-corrected chi connectivity index (χ2v) is 4.66. The van der Waals surface area contributed by atoms with Gasteiger partial charge in [-0.25, -0.2) is 13.1 Å². The zero-order valence-electron chi connectivity index (χ0n) is 6.99. The third kappa shape index (κ3) is 3.73. The van der Waals surface area contributed by atoms with Crippen molar-refractivity contribution in [3.8, 4) is 0 Å². The maximum Gasteiger partial charge on any atom is 0.208 e. The Balaban J connectivity index is 2.28. The molecule has 1 rings (SSSR count). The van der Waals surface area contributed by atoms with E-state index in [9.17, 15) is 8.42 Å². The van der Waals surface area contributed by atoms with Gasteiger partial charge in [-0.2, -0.15) is 0 Å². The third-order valence-corrected chi connectivity index (χ3v) is 2.29. The molecule has 1 N–H and O–H groups in total. The summed E-state index contributed by atoms with van der Waals surface area (Å²) in [5.41, 5.74) is 0. The van der Waals surface area contributed by atoms with E-state index in [1.807, 2.05) is 6.08 Å². The Morgan fingerprint density at radius 3 is 2.92 bits per heavy atom. The molecule has 1 aliphatic heterocycles. The maximum absolute atomic E-state index is 10.7. The summed E-state index contributed by atoms with van der Waals surface area (Å²) in [5.74, 6) is 0. The van der Waals surface area contributed by atoms with Crippen LogP contribution in [0.5, 0.6) is 0 Å². The van der Waals surface area contributed by atoms with Crippen molar-refractivity contribution in [2.75, 3.05) is 12.8 Å². The summed E-state index contributed by atoms with van der Waals surface area (Å²) in [7, 11) is -3.08. The van der Waals surface area contributed by atoms with Gasteiger partial charge < -0.3 is 4.74 Å². The molecule has 0 aromatic rings. The standard InChI is InChI=1S/C7H13NO3S/c1-12(9,10)8-6-7-4-2-3-5-11-7/h3,5,7-8H,2,4,6H2,1H3. The molecule has 1 atom stereocenters. The highest BCUT2D eigenvalue weighted by atomic mass is 32.2. The van der Waals surface area contributed by atoms with Crippen LogP contribution >= 0.6 is 0 Å². The first-order valence-electron chi connectivity index (χ1n) is 3.83. The molecule has 70 valence electrons. The summed E-state index contributed by atoms with van der Waals surface area (Å²) >= 11 is 0. The first-order chi connectivity index (χ1) is 5.58. The average molecular weight is 191 g/mol. The minimum absolute atomic E-state index is 0.00951. The molecule has 0 aromatic carbocycles. The van der Waals surface area contributed by atoms with Crippen LogP contribution in [0, 0.1) is 0 Å². The second kappa shape index (κ2) is 3.91. The molecule has 5 heteroatoms. The van der Waals surface area contributed by atoms with Crippen LogP contribution in [0.3, 0.4) is 0 Å². The summed E-state index contributed by atoms with van der Waals surface area (Å²) in [5, 5.41) is 0. The van der Waals surface area contributed by atoms with Crippen LogP contribution in [0.25, 0.3) is 0 Å². The Morgan fingerprint density at radius 2 is 2.42 bits per heavy atom. The first kappa shape index (κ1) is 9.54. The van der Waals surface area contributed by atoms with Crippen LogP contribution in [-0.4, -0.2) is 27.3 Å². The Labute approximate surface area is 72.7 Å². The number of hydrogen-bond donors (Lipinski definition) is 1. The van der Waals surface area contributed by atoms with Gasteiger partial charge in [-0.3, -0.25) is 0 Å². The van der Waals surface area contributed by atoms with Gasteiger partial charge in [0.25, 0.3) is 0 Å². The molecule has 1 heterocycles. The van der Waals surface area contributed by atoms with Crippen LogP contribution in [-0.2, 0) is 14.8 Å². The largest absolute Gasteiger partial charge is 0.497 e. The van der Waals surface area contributed by atoms with Crippen LogP contribution in [0.1, 0.15) is 12.8 Å². The highest BCUT2D eigenvalue weighted by Gasteiger charge is 2.12. The summed E-state index contributed by atoms with van der Waals surface area (Å²) in [6.45, 7) is 0.364. The quantitative estimate of drug-likeness (QED) is 0.694. The molecule has 1 aliphatic rings. The summed E-state index contributed by atoms with van der Waals surface area (Å²) in [4.78, 5) is 0. The van der Waals surface area contributed by atoms with Crippen molar-refractivity contribution in [2.24, 2.45) is 0 Å². The predicted octanol–water partition coefficient (Wildman–Crippen LogP) is 0.228. The van der Waals surface area contributed by atoms with Gasteiger partial charge in [0.2, 0.25) is 10.0 Å². The molecule has 0 amide bonds. The van der Waals surface area contributed by atoms with E-state index in [0.29, 0.717) is 6.54 Å². The predicted molar refractivity (Wildman–Crippen MR) is 46.1 cm³/mol. The first-order valence-corrected chi connectivity index (χ1v) is 5.72. The van der Waals surface area contributed by atoms with Crippen LogP contribution in [0.4, 0.5) is 0 Å². The lowest BCUT2D eigenvalue weighted by molar-refractivity contribution is 0.128. The zero-order valence-corrected chi connectivity index (χ0v) is 7.80. The minimum atomic E-state index is -3.08. The SMILES string of the molecule is CS(=O)(=O)NCC1CCC=CO1. The summed E-state index contributed by atoms with van der Waals surface area (Å²) in [6.07, 6.45) is 6.51. The molecule has 0 aliphatic carbocycles. The molecule has 4 nitrogen and oxygen atoms in total. The molecule has 0 saturated heterocycles. The zero-order chi connectivity index (χ0) is 9.03. The van der Waals surface area contributed by atoms with Gasteiger partial charge in [-0.05, 0) is 18.9 Å². The molecule has 0 saturated carbocycles. The Hall–Kier alpha value is -0.550. The maximum atomic E-state index is 10.7. The van der Waals surface area contributed by atoms with Crippen molar-refractivity contribution in [1.82, 2.24) is 4.72 Å². The van der Waals surface area contributed by atoms with E-state index in [0.717, 1.165) is 19.1 Å². The highest BCUT2D eigenvalue weighted by Crippen LogP contribution is 2.08. The fourth-order valence-corrected chi connectivity index (χ4v) is 1.47. The van der Waals surface area contributed by atoms with Gasteiger partial charge in [0.15, 0.2) is 0 Å². The van der Waals surface area contributed by atoms with E-state index in [1.165, 1.54) is 0 Å². The van der Waals surface area contributed by atoms with Crippen molar-refractivity contribution in [3.05, 3.63) is 12.3 Å². The Bertz CT molecular complexity index is 258. The Morgan fingerprint density at radius 1 is 1.67 bits per heavy atom. The van der Waals surface area contributed by atoms with E-state index in [-0.39, 0.29) is 6.10 Å². The van der Waals surface area contributed by atoms with Crippen molar-refractivity contribution in [2.45, 2.75) is 18.9 Å². The van der Waals surface area contributed by atoms with Crippen LogP contribution in [0.2, 0.25) is 0 Å². The molecule has 0 radical (unpaired) electrons. The fourth-order valence-electron chi connectivity index (χ4n) is 0.979. The van der Waals surface area contributed by atoms with Gasteiger partial charge in [-0.15, -0.1) is 0 Å². The van der Waals surface area contributed by atoms with Gasteiger partial charge in [0.05, 0.1) is 12.5 Å². The summed E-state index contributed by atoms with van der Waals surface area (Å²) in [6, 6.07) is 0. The highest BCUT2D eigenvalue weighted by molar-refractivity contribution is 7.88. The van der Waals surface area contributed by atoms with E-state index in [2.05, 4.69) is 4.72 Å². The molecule has 0 fully saturated rings. The smallest absolute Gasteiger partial charge is 0.208 e. The van der Waals surface area contributed by atoms with E-state index in [1.54, 1.807) is 6.26 Å². The summed E-state index contributed by atoms with van der Waals surface area (Å²) < 4.78 is 28.9. The van der Waals surface area contributed by atoms with E-state index >= 15 is 0 Å². The van der Waals surface area contributed by atoms with E-state index < -0.39 is 10.0 Å². The van der Waals surface area contributed by atoms with Gasteiger partial charge in [0.1, 0.15) is 6.10 Å². The number of ether oxygens (including phenoxy) is 1. The molecular weight excluding hydrogens is 178 g/mol. The Kier molecular flexibility index (Phi) is 3.11. The topological polar surface area (TPSA) is 55.4 Å². The fraction of sp³-hybridized carbons (Fsp3) is 0.714. The lowest BCUT2D eigenvalue weighted by Gasteiger charge is -2.18. The van der Waals surface area contributed by atoms with Crippen LogP contribution in [0.15, 0.2) is 12.3 Å². The monoisotopic (exact) mass is 191 g/mol. The van der Waals surface area contributed by atoms with Crippen molar-refractivity contribution in [1.29, 1.82) is 0 Å². The third-order valence-electron chi connectivity index (χ3n) is 1.60. The van der Waals surface area contributed by atoms with Gasteiger partial charge >= 0.3 is 0 Å². The van der Waals surface area contributed by atoms with Crippen LogP contribution < -0.4 is 4.72 Å². The number of allylic oxidation sites excluding steroid dienone is 1. The normalized spacial score (nSPS) is 23.6. The number of nitrogens with one attached hydrogen (secondary N) is 1. The number of rotatable bonds is 3. The lowest BCUT2D eigenvalue weighted by Crippen LogP contribution is -2.32. The molecule has 0 aromatic heterocycles.